The second-order valence-corrected chi connectivity index (χ2v) is 5.39. The van der Waals surface area contributed by atoms with Crippen LogP contribution in [-0.4, -0.2) is 18.6 Å². The first-order chi connectivity index (χ1) is 7.54. The standard InChI is InChI=1S/C11H16BrNO2S/c1-4-15-11(14)8(3)13-7(2)10-5-9(12)6-16-10/h5-8,13H,4H2,1-3H3. The maximum atomic E-state index is 11.4. The van der Waals surface area contributed by atoms with E-state index >= 15 is 0 Å². The van der Waals surface area contributed by atoms with Gasteiger partial charge in [0.25, 0.3) is 0 Å². The van der Waals surface area contributed by atoms with Crippen LogP contribution in [0.5, 0.6) is 0 Å². The maximum Gasteiger partial charge on any atom is 0.322 e. The molecule has 1 aromatic rings. The van der Waals surface area contributed by atoms with Crippen molar-refractivity contribution in [3.63, 3.8) is 0 Å². The lowest BCUT2D eigenvalue weighted by Crippen LogP contribution is -2.36. The van der Waals surface area contributed by atoms with Crippen molar-refractivity contribution >= 4 is 33.2 Å². The van der Waals surface area contributed by atoms with Gasteiger partial charge in [-0.2, -0.15) is 0 Å². The number of hydrogen-bond donors (Lipinski definition) is 1. The van der Waals surface area contributed by atoms with Gasteiger partial charge in [-0.05, 0) is 42.8 Å². The molecule has 0 aliphatic carbocycles. The zero-order chi connectivity index (χ0) is 12.1. The molecule has 0 saturated heterocycles. The Bertz CT molecular complexity index is 354. The molecule has 0 aromatic carbocycles. The van der Waals surface area contributed by atoms with Crippen molar-refractivity contribution in [3.8, 4) is 0 Å². The van der Waals surface area contributed by atoms with E-state index in [0.717, 1.165) is 4.47 Å². The average Bonchev–Trinajstić information content (AvgIpc) is 2.65. The minimum atomic E-state index is -0.282. The Morgan fingerprint density at radius 1 is 1.62 bits per heavy atom. The third-order valence-electron chi connectivity index (χ3n) is 2.15. The van der Waals surface area contributed by atoms with E-state index in [1.54, 1.807) is 11.3 Å². The number of nitrogens with one attached hydrogen (secondary N) is 1. The molecule has 0 spiro atoms. The monoisotopic (exact) mass is 305 g/mol. The highest BCUT2D eigenvalue weighted by atomic mass is 79.9. The van der Waals surface area contributed by atoms with Crippen LogP contribution in [0, 0.1) is 0 Å². The van der Waals surface area contributed by atoms with Crippen LogP contribution in [0.1, 0.15) is 31.7 Å². The van der Waals surface area contributed by atoms with E-state index in [-0.39, 0.29) is 18.1 Å². The van der Waals surface area contributed by atoms with Crippen LogP contribution in [0.2, 0.25) is 0 Å². The van der Waals surface area contributed by atoms with Gasteiger partial charge in [-0.1, -0.05) is 0 Å². The van der Waals surface area contributed by atoms with Gasteiger partial charge in [-0.3, -0.25) is 10.1 Å². The molecule has 1 aromatic heterocycles. The van der Waals surface area contributed by atoms with Crippen molar-refractivity contribution in [2.75, 3.05) is 6.61 Å². The molecule has 0 radical (unpaired) electrons. The number of hydrogen-bond acceptors (Lipinski definition) is 4. The molecule has 0 bridgehead atoms. The molecule has 0 fully saturated rings. The molecule has 1 rings (SSSR count). The van der Waals surface area contributed by atoms with E-state index in [1.807, 2.05) is 26.2 Å². The summed E-state index contributed by atoms with van der Waals surface area (Å²) >= 11 is 5.07. The molecule has 0 aliphatic heterocycles. The molecule has 2 atom stereocenters. The van der Waals surface area contributed by atoms with E-state index in [9.17, 15) is 4.79 Å². The number of ether oxygens (including phenoxy) is 1. The average molecular weight is 306 g/mol. The van der Waals surface area contributed by atoms with Crippen LogP contribution >= 0.6 is 27.3 Å². The molecule has 0 saturated carbocycles. The summed E-state index contributed by atoms with van der Waals surface area (Å²) in [5.74, 6) is -0.204. The predicted octanol–water partition coefficient (Wildman–Crippen LogP) is 3.11. The minimum absolute atomic E-state index is 0.149. The number of thiophene rings is 1. The second kappa shape index (κ2) is 6.37. The Morgan fingerprint density at radius 2 is 2.31 bits per heavy atom. The SMILES string of the molecule is CCOC(=O)C(C)NC(C)c1cc(Br)cs1. The molecule has 5 heteroatoms. The van der Waals surface area contributed by atoms with E-state index in [4.69, 9.17) is 4.74 Å². The zero-order valence-electron chi connectivity index (χ0n) is 9.62. The van der Waals surface area contributed by atoms with Gasteiger partial charge in [0.1, 0.15) is 6.04 Å². The second-order valence-electron chi connectivity index (χ2n) is 3.53. The first kappa shape index (κ1) is 13.7. The van der Waals surface area contributed by atoms with Gasteiger partial charge in [0, 0.05) is 20.8 Å². The highest BCUT2D eigenvalue weighted by Gasteiger charge is 2.17. The minimum Gasteiger partial charge on any atom is -0.465 e. The molecule has 2 unspecified atom stereocenters. The molecule has 90 valence electrons. The largest absolute Gasteiger partial charge is 0.465 e. The predicted molar refractivity (Wildman–Crippen MR) is 69.7 cm³/mol. The van der Waals surface area contributed by atoms with Crippen LogP contribution in [0.15, 0.2) is 15.9 Å². The highest BCUT2D eigenvalue weighted by Crippen LogP contribution is 2.25. The van der Waals surface area contributed by atoms with Crippen LogP contribution in [0.3, 0.4) is 0 Å². The zero-order valence-corrected chi connectivity index (χ0v) is 12.0. The fourth-order valence-electron chi connectivity index (χ4n) is 1.35. The fourth-order valence-corrected chi connectivity index (χ4v) is 2.81. The van der Waals surface area contributed by atoms with Crippen LogP contribution < -0.4 is 5.32 Å². The molecular formula is C11H16BrNO2S. The van der Waals surface area contributed by atoms with E-state index in [0.29, 0.717) is 6.61 Å². The summed E-state index contributed by atoms with van der Waals surface area (Å²) in [7, 11) is 0. The summed E-state index contributed by atoms with van der Waals surface area (Å²) in [5, 5.41) is 5.24. The smallest absolute Gasteiger partial charge is 0.322 e. The van der Waals surface area contributed by atoms with Gasteiger partial charge in [-0.25, -0.2) is 0 Å². The summed E-state index contributed by atoms with van der Waals surface area (Å²) in [4.78, 5) is 12.6. The van der Waals surface area contributed by atoms with Gasteiger partial charge in [0.15, 0.2) is 0 Å². The van der Waals surface area contributed by atoms with Crippen LogP contribution in [0.4, 0.5) is 0 Å². The summed E-state index contributed by atoms with van der Waals surface area (Å²) < 4.78 is 6.01. The van der Waals surface area contributed by atoms with Crippen molar-refractivity contribution in [2.24, 2.45) is 0 Å². The third kappa shape index (κ3) is 3.88. The highest BCUT2D eigenvalue weighted by molar-refractivity contribution is 9.10. The van der Waals surface area contributed by atoms with Crippen molar-refractivity contribution in [2.45, 2.75) is 32.9 Å². The number of esters is 1. The molecule has 1 heterocycles. The number of carbonyl (C=O) groups is 1. The molecular weight excluding hydrogens is 290 g/mol. The van der Waals surface area contributed by atoms with Gasteiger partial charge >= 0.3 is 5.97 Å². The van der Waals surface area contributed by atoms with Crippen molar-refractivity contribution in [1.29, 1.82) is 0 Å². The van der Waals surface area contributed by atoms with Gasteiger partial charge < -0.3 is 4.74 Å². The summed E-state index contributed by atoms with van der Waals surface area (Å²) in [5.41, 5.74) is 0. The number of rotatable bonds is 5. The van der Waals surface area contributed by atoms with Crippen molar-refractivity contribution < 1.29 is 9.53 Å². The first-order valence-corrected chi connectivity index (χ1v) is 6.88. The van der Waals surface area contributed by atoms with E-state index < -0.39 is 0 Å². The Balaban J connectivity index is 2.51. The Labute approximate surface area is 108 Å². The lowest BCUT2D eigenvalue weighted by atomic mass is 10.2. The molecule has 0 aliphatic rings. The quantitative estimate of drug-likeness (QED) is 0.850. The summed E-state index contributed by atoms with van der Waals surface area (Å²) in [6.45, 7) is 6.08. The van der Waals surface area contributed by atoms with Crippen molar-refractivity contribution in [1.82, 2.24) is 5.32 Å². The van der Waals surface area contributed by atoms with E-state index in [1.165, 1.54) is 4.88 Å². The molecule has 3 nitrogen and oxygen atoms in total. The molecule has 1 N–H and O–H groups in total. The Kier molecular flexibility index (Phi) is 5.44. The third-order valence-corrected chi connectivity index (χ3v) is 4.03. The summed E-state index contributed by atoms with van der Waals surface area (Å²) in [6, 6.07) is 1.92. The normalized spacial score (nSPS) is 14.5. The Hall–Kier alpha value is -0.390. The molecule has 0 amide bonds. The topological polar surface area (TPSA) is 38.3 Å². The van der Waals surface area contributed by atoms with Crippen LogP contribution in [-0.2, 0) is 9.53 Å². The van der Waals surface area contributed by atoms with Crippen LogP contribution in [0.25, 0.3) is 0 Å². The molecule has 16 heavy (non-hydrogen) atoms. The summed E-state index contributed by atoms with van der Waals surface area (Å²) in [6.07, 6.45) is 0. The number of halogens is 1. The first-order valence-electron chi connectivity index (χ1n) is 5.21. The fraction of sp³-hybridized carbons (Fsp3) is 0.545. The van der Waals surface area contributed by atoms with Gasteiger partial charge in [-0.15, -0.1) is 11.3 Å². The van der Waals surface area contributed by atoms with Crippen molar-refractivity contribution in [3.05, 3.63) is 20.8 Å². The van der Waals surface area contributed by atoms with Gasteiger partial charge in [0.2, 0.25) is 0 Å². The lowest BCUT2D eigenvalue weighted by Gasteiger charge is -2.17. The van der Waals surface area contributed by atoms with E-state index in [2.05, 4.69) is 27.3 Å². The Morgan fingerprint density at radius 3 is 2.81 bits per heavy atom. The lowest BCUT2D eigenvalue weighted by molar-refractivity contribution is -0.145. The maximum absolute atomic E-state index is 11.4. The number of carbonyl (C=O) groups excluding carboxylic acids is 1. The van der Waals surface area contributed by atoms with Gasteiger partial charge in [0.05, 0.1) is 6.61 Å².